The van der Waals surface area contributed by atoms with Gasteiger partial charge in [-0.2, -0.15) is 0 Å². The van der Waals surface area contributed by atoms with Crippen molar-refractivity contribution in [3.63, 3.8) is 0 Å². The van der Waals surface area contributed by atoms with Crippen LogP contribution in [0.15, 0.2) is 29.7 Å². The highest BCUT2D eigenvalue weighted by molar-refractivity contribution is 8.16. The van der Waals surface area contributed by atoms with Gasteiger partial charge >= 0.3 is 0 Å². The molecule has 0 radical (unpaired) electrons. The lowest BCUT2D eigenvalue weighted by atomic mass is 10.0. The van der Waals surface area contributed by atoms with Gasteiger partial charge in [-0.05, 0) is 34.4 Å². The fourth-order valence-electron chi connectivity index (χ4n) is 2.00. The zero-order valence-corrected chi connectivity index (χ0v) is 10.4. The van der Waals surface area contributed by atoms with Gasteiger partial charge in [0.05, 0.1) is 5.25 Å². The molecule has 0 spiro atoms. The van der Waals surface area contributed by atoms with Gasteiger partial charge in [0, 0.05) is 0 Å². The molecule has 0 bridgehead atoms. The minimum atomic E-state index is -0.321. The number of nitrogens with one attached hydrogen (secondary N) is 1. The summed E-state index contributed by atoms with van der Waals surface area (Å²) in [6.07, 6.45) is 2.04. The summed E-state index contributed by atoms with van der Waals surface area (Å²) in [5, 5.41) is 3.79. The Morgan fingerprint density at radius 1 is 1.12 bits per heavy atom. The summed E-state index contributed by atoms with van der Waals surface area (Å²) >= 11 is 2.68. The van der Waals surface area contributed by atoms with Crippen LogP contribution in [0.2, 0.25) is 0 Å². The van der Waals surface area contributed by atoms with Gasteiger partial charge in [0.25, 0.3) is 5.24 Å². The zero-order chi connectivity index (χ0) is 11.8. The van der Waals surface area contributed by atoms with Crippen LogP contribution >= 0.6 is 23.5 Å². The summed E-state index contributed by atoms with van der Waals surface area (Å²) in [6, 6.07) is 7.99. The first-order valence-electron chi connectivity index (χ1n) is 5.18. The molecule has 2 heterocycles. The van der Waals surface area contributed by atoms with Crippen molar-refractivity contribution in [1.82, 2.24) is 5.32 Å². The minimum absolute atomic E-state index is 0.0210. The van der Waals surface area contributed by atoms with Gasteiger partial charge in [0.15, 0.2) is 0 Å². The predicted octanol–water partition coefficient (Wildman–Crippen LogP) is 2.80. The van der Waals surface area contributed by atoms with Gasteiger partial charge in [-0.1, -0.05) is 24.3 Å². The van der Waals surface area contributed by atoms with E-state index in [9.17, 15) is 9.59 Å². The van der Waals surface area contributed by atoms with Gasteiger partial charge in [-0.25, -0.2) is 0 Å². The van der Waals surface area contributed by atoms with Gasteiger partial charge in [0.1, 0.15) is 5.25 Å². The molecule has 17 heavy (non-hydrogen) atoms. The Morgan fingerprint density at radius 3 is 2.71 bits per heavy atom. The van der Waals surface area contributed by atoms with Crippen LogP contribution in [0, 0.1) is 0 Å². The molecule has 86 valence electrons. The van der Waals surface area contributed by atoms with Crippen molar-refractivity contribution < 1.29 is 9.59 Å². The van der Waals surface area contributed by atoms with E-state index in [-0.39, 0.29) is 21.6 Å². The number of rotatable bonds is 1. The number of hydrogen-bond donors (Lipinski definition) is 1. The summed E-state index contributed by atoms with van der Waals surface area (Å²) in [6.45, 7) is 0. The molecule has 1 aromatic carbocycles. The smallest absolute Gasteiger partial charge is 0.286 e. The molecule has 2 atom stereocenters. The zero-order valence-electron chi connectivity index (χ0n) is 8.75. The lowest BCUT2D eigenvalue weighted by Crippen LogP contribution is -2.28. The van der Waals surface area contributed by atoms with Crippen LogP contribution in [0.25, 0.3) is 6.08 Å². The van der Waals surface area contributed by atoms with Crippen molar-refractivity contribution >= 4 is 40.7 Å². The first-order chi connectivity index (χ1) is 8.25. The van der Waals surface area contributed by atoms with Crippen molar-refractivity contribution in [2.75, 3.05) is 0 Å². The van der Waals surface area contributed by atoms with E-state index in [1.807, 2.05) is 35.7 Å². The van der Waals surface area contributed by atoms with Gasteiger partial charge in [-0.15, -0.1) is 11.8 Å². The van der Waals surface area contributed by atoms with Crippen LogP contribution in [0.1, 0.15) is 16.4 Å². The van der Waals surface area contributed by atoms with Gasteiger partial charge in [0.2, 0.25) is 5.91 Å². The van der Waals surface area contributed by atoms with E-state index in [1.54, 1.807) is 11.8 Å². The molecule has 3 nitrogen and oxygen atoms in total. The molecule has 1 fully saturated rings. The number of carbonyl (C=O) groups excluding carboxylic acids is 2. The highest BCUT2D eigenvalue weighted by atomic mass is 32.2. The van der Waals surface area contributed by atoms with Crippen LogP contribution in [-0.4, -0.2) is 16.4 Å². The average Bonchev–Trinajstić information content (AvgIpc) is 2.68. The third-order valence-corrected chi connectivity index (χ3v) is 5.11. The molecule has 0 aromatic heterocycles. The lowest BCUT2D eigenvalue weighted by Gasteiger charge is -2.23. The maximum Gasteiger partial charge on any atom is 0.286 e. The molecule has 3 rings (SSSR count). The molecule has 1 saturated heterocycles. The molecule has 0 aliphatic carbocycles. The molecule has 0 saturated carbocycles. The number of fused-ring (bicyclic) bond motifs is 1. The van der Waals surface area contributed by atoms with E-state index in [4.69, 9.17) is 0 Å². The summed E-state index contributed by atoms with van der Waals surface area (Å²) < 4.78 is 0. The van der Waals surface area contributed by atoms with E-state index in [0.29, 0.717) is 0 Å². The summed E-state index contributed by atoms with van der Waals surface area (Å²) in [5.74, 6) is -0.178. The molecular weight excluding hydrogens is 254 g/mol. The largest absolute Gasteiger partial charge is 0.286 e. The molecule has 2 aliphatic heterocycles. The van der Waals surface area contributed by atoms with Gasteiger partial charge in [-0.3, -0.25) is 14.9 Å². The van der Waals surface area contributed by atoms with Crippen LogP contribution in [0.4, 0.5) is 4.79 Å². The third-order valence-electron chi connectivity index (χ3n) is 2.77. The summed E-state index contributed by atoms with van der Waals surface area (Å²) in [4.78, 5) is 22.9. The van der Waals surface area contributed by atoms with Crippen LogP contribution in [0.3, 0.4) is 0 Å². The number of hydrogen-bond acceptors (Lipinski definition) is 4. The third kappa shape index (κ3) is 1.89. The SMILES string of the molecule is O=C1NC(=O)C(C2SC=Cc3ccccc32)S1. The van der Waals surface area contributed by atoms with E-state index in [2.05, 4.69) is 5.32 Å². The Balaban J connectivity index is 1.98. The molecule has 2 amide bonds. The number of amides is 2. The van der Waals surface area contributed by atoms with Crippen LogP contribution in [-0.2, 0) is 4.79 Å². The quantitative estimate of drug-likeness (QED) is 0.846. The maximum atomic E-state index is 11.7. The van der Waals surface area contributed by atoms with Crippen LogP contribution in [0.5, 0.6) is 0 Å². The van der Waals surface area contributed by atoms with Crippen molar-refractivity contribution in [3.05, 3.63) is 40.8 Å². The van der Waals surface area contributed by atoms with Crippen molar-refractivity contribution in [2.24, 2.45) is 0 Å². The molecule has 1 N–H and O–H groups in total. The first kappa shape index (κ1) is 10.9. The molecular formula is C12H9NO2S2. The van der Waals surface area contributed by atoms with Crippen molar-refractivity contribution in [2.45, 2.75) is 10.5 Å². The monoisotopic (exact) mass is 263 g/mol. The van der Waals surface area contributed by atoms with Crippen molar-refractivity contribution in [1.29, 1.82) is 0 Å². The topological polar surface area (TPSA) is 46.2 Å². The molecule has 2 unspecified atom stereocenters. The highest BCUT2D eigenvalue weighted by Crippen LogP contribution is 2.45. The van der Waals surface area contributed by atoms with Gasteiger partial charge < -0.3 is 0 Å². The number of carbonyl (C=O) groups is 2. The Bertz CT molecular complexity index is 527. The molecule has 5 heteroatoms. The number of imide groups is 1. The number of thioether (sulfide) groups is 2. The first-order valence-corrected chi connectivity index (χ1v) is 7.00. The summed E-state index contributed by atoms with van der Waals surface area (Å²) in [7, 11) is 0. The van der Waals surface area contributed by atoms with Crippen molar-refractivity contribution in [3.8, 4) is 0 Å². The average molecular weight is 263 g/mol. The molecule has 1 aromatic rings. The van der Waals surface area contributed by atoms with E-state index in [1.165, 1.54) is 0 Å². The second-order valence-electron chi connectivity index (χ2n) is 3.80. The standard InChI is InChI=1S/C12H9NO2S2/c14-11-10(17-12(15)13-11)9-8-4-2-1-3-7(8)5-6-16-9/h1-6,9-10H,(H,13,14,15). The predicted molar refractivity (Wildman–Crippen MR) is 70.7 cm³/mol. The number of benzene rings is 1. The Labute approximate surface area is 107 Å². The summed E-state index contributed by atoms with van der Waals surface area (Å²) in [5.41, 5.74) is 2.26. The van der Waals surface area contributed by atoms with E-state index in [0.717, 1.165) is 22.9 Å². The lowest BCUT2D eigenvalue weighted by molar-refractivity contribution is -0.119. The Hall–Kier alpha value is -1.20. The maximum absolute atomic E-state index is 11.7. The van der Waals surface area contributed by atoms with E-state index >= 15 is 0 Å². The Morgan fingerprint density at radius 2 is 1.94 bits per heavy atom. The fourth-order valence-corrected chi connectivity index (χ4v) is 4.20. The fraction of sp³-hybridized carbons (Fsp3) is 0.167. The normalized spacial score (nSPS) is 26.8. The second kappa shape index (κ2) is 4.23. The second-order valence-corrected chi connectivity index (χ2v) is 5.97. The minimum Gasteiger partial charge on any atom is -0.286 e. The Kier molecular flexibility index (Phi) is 2.72. The highest BCUT2D eigenvalue weighted by Gasteiger charge is 2.39. The van der Waals surface area contributed by atoms with E-state index < -0.39 is 0 Å². The molecule has 2 aliphatic rings. The van der Waals surface area contributed by atoms with Crippen LogP contribution < -0.4 is 5.32 Å².